The molecule has 6 N–H and O–H groups in total. The van der Waals surface area contributed by atoms with Gasteiger partial charge in [-0.1, -0.05) is 60.7 Å². The summed E-state index contributed by atoms with van der Waals surface area (Å²) in [4.78, 5) is 57.3. The maximum Gasteiger partial charge on any atom is 0.255 e. The molecule has 0 aliphatic heterocycles. The van der Waals surface area contributed by atoms with Gasteiger partial charge in [0.15, 0.2) is 44.3 Å². The molecule has 0 fully saturated rings. The SMILES string of the molecule is O=C(N/C(=C\c1ccc(/C=C(\NC(=O)c2ccccc2)c2nc3c(O)nc(S)nc3[nH]2)cc1)c1nc2c(O)nc(S)nc2[nH]1)c1ccccc1. The number of carbonyl (C=O) groups is 2. The molecule has 7 aromatic rings. The fourth-order valence-corrected chi connectivity index (χ4v) is 5.31. The Morgan fingerprint density at radius 2 is 0.940 bits per heavy atom. The number of aromatic amines is 2. The molecule has 2 amide bonds. The Morgan fingerprint density at radius 1 is 0.560 bits per heavy atom. The van der Waals surface area contributed by atoms with Crippen molar-refractivity contribution in [1.82, 2.24) is 50.5 Å². The lowest BCUT2D eigenvalue weighted by molar-refractivity contribution is 0.0965. The first-order valence-electron chi connectivity index (χ1n) is 14.8. The van der Waals surface area contributed by atoms with Gasteiger partial charge < -0.3 is 30.8 Å². The summed E-state index contributed by atoms with van der Waals surface area (Å²) in [7, 11) is 0. The second kappa shape index (κ2) is 13.5. The van der Waals surface area contributed by atoms with Crippen LogP contribution in [0.2, 0.25) is 0 Å². The Hall–Kier alpha value is -6.52. The van der Waals surface area contributed by atoms with Crippen molar-refractivity contribution < 1.29 is 19.8 Å². The summed E-state index contributed by atoms with van der Waals surface area (Å²) in [5.41, 5.74) is 3.49. The summed E-state index contributed by atoms with van der Waals surface area (Å²) >= 11 is 8.24. The van der Waals surface area contributed by atoms with E-state index in [0.29, 0.717) is 33.6 Å². The molecule has 7 rings (SSSR count). The van der Waals surface area contributed by atoms with Crippen LogP contribution in [-0.4, -0.2) is 61.9 Å². The molecule has 50 heavy (non-hydrogen) atoms. The zero-order valence-corrected chi connectivity index (χ0v) is 27.3. The van der Waals surface area contributed by atoms with Crippen molar-refractivity contribution in [2.75, 3.05) is 0 Å². The van der Waals surface area contributed by atoms with Gasteiger partial charge >= 0.3 is 0 Å². The van der Waals surface area contributed by atoms with Crippen molar-refractivity contribution in [3.8, 4) is 11.8 Å². The van der Waals surface area contributed by atoms with Gasteiger partial charge in [0.25, 0.3) is 11.8 Å². The van der Waals surface area contributed by atoms with E-state index < -0.39 is 0 Å². The van der Waals surface area contributed by atoms with E-state index in [1.807, 2.05) is 12.1 Å². The van der Waals surface area contributed by atoms with E-state index in [1.54, 1.807) is 84.9 Å². The lowest BCUT2D eigenvalue weighted by atomic mass is 10.1. The van der Waals surface area contributed by atoms with Gasteiger partial charge in [0.2, 0.25) is 11.8 Å². The molecule has 0 aliphatic rings. The Balaban J connectivity index is 1.25. The quantitative estimate of drug-likeness (QED) is 0.0798. The molecule has 14 nitrogen and oxygen atoms in total. The molecule has 0 unspecified atom stereocenters. The number of benzene rings is 3. The van der Waals surface area contributed by atoms with Crippen molar-refractivity contribution in [3.05, 3.63) is 119 Å². The van der Waals surface area contributed by atoms with Crippen LogP contribution >= 0.6 is 25.3 Å². The zero-order valence-electron chi connectivity index (χ0n) is 25.5. The number of aromatic nitrogens is 8. The fraction of sp³-hybridized carbons (Fsp3) is 0. The average molecular weight is 701 g/mol. The number of carbonyl (C=O) groups excluding carboxylic acids is 2. The number of aromatic hydroxyl groups is 2. The lowest BCUT2D eigenvalue weighted by Gasteiger charge is -2.09. The second-order valence-electron chi connectivity index (χ2n) is 10.7. The standard InChI is InChI=1S/C34H24N10O4S2/c45-29(19-7-3-1-4-8-19)35-21(25-37-23-27(39-25)41-33(49)43-31(23)47)15-17-11-13-18(14-12-17)16-22(36-30(46)20-9-5-2-6-10-20)26-38-24-28(40-26)42-34(50)44-32(24)48/h1-16H,(H,35,45)(H,36,46)(H3,37,39,41,43,47,49)(H3,38,40,42,44,48,50)/b21-15-,22-16-. The van der Waals surface area contributed by atoms with Crippen LogP contribution in [0, 0.1) is 0 Å². The van der Waals surface area contributed by atoms with Crippen LogP contribution in [0.1, 0.15) is 43.5 Å². The molecule has 16 heteroatoms. The van der Waals surface area contributed by atoms with Gasteiger partial charge in [0, 0.05) is 11.1 Å². The van der Waals surface area contributed by atoms with Crippen LogP contribution in [0.15, 0.2) is 95.2 Å². The molecule has 3 aromatic carbocycles. The molecule has 0 spiro atoms. The van der Waals surface area contributed by atoms with E-state index in [9.17, 15) is 19.8 Å². The van der Waals surface area contributed by atoms with Crippen molar-refractivity contribution in [2.45, 2.75) is 10.3 Å². The molecule has 0 bridgehead atoms. The molecule has 4 heterocycles. The Labute approximate surface area is 293 Å². The minimum Gasteiger partial charge on any atom is -0.492 e. The average Bonchev–Trinajstić information content (AvgIpc) is 3.74. The van der Waals surface area contributed by atoms with Gasteiger partial charge in [-0.15, -0.1) is 25.3 Å². The highest BCUT2D eigenvalue weighted by molar-refractivity contribution is 7.80. The molecule has 4 aromatic heterocycles. The van der Waals surface area contributed by atoms with Crippen molar-refractivity contribution in [3.63, 3.8) is 0 Å². The van der Waals surface area contributed by atoms with Gasteiger partial charge in [-0.25, -0.2) is 19.9 Å². The summed E-state index contributed by atoms with van der Waals surface area (Å²) in [5, 5.41) is 26.5. The summed E-state index contributed by atoms with van der Waals surface area (Å²) in [6.07, 6.45) is 3.40. The maximum atomic E-state index is 13.2. The smallest absolute Gasteiger partial charge is 0.255 e. The third-order valence-electron chi connectivity index (χ3n) is 7.27. The second-order valence-corrected chi connectivity index (χ2v) is 11.5. The Kier molecular flexibility index (Phi) is 8.68. The first-order valence-corrected chi connectivity index (χ1v) is 15.7. The molecular formula is C34H24N10O4S2. The maximum absolute atomic E-state index is 13.2. The third kappa shape index (κ3) is 6.87. The summed E-state index contributed by atoms with van der Waals surface area (Å²) < 4.78 is 0. The largest absolute Gasteiger partial charge is 0.492 e. The summed E-state index contributed by atoms with van der Waals surface area (Å²) in [5.74, 6) is -1.04. The predicted octanol–water partition coefficient (Wildman–Crippen LogP) is 4.86. The molecule has 246 valence electrons. The zero-order chi connectivity index (χ0) is 34.8. The fourth-order valence-electron chi connectivity index (χ4n) is 4.92. The highest BCUT2D eigenvalue weighted by Crippen LogP contribution is 2.26. The van der Waals surface area contributed by atoms with Crippen LogP contribution in [0.4, 0.5) is 0 Å². The van der Waals surface area contributed by atoms with E-state index in [-0.39, 0.29) is 67.9 Å². The summed E-state index contributed by atoms with van der Waals surface area (Å²) in [6.45, 7) is 0. The predicted molar refractivity (Wildman–Crippen MR) is 191 cm³/mol. The number of hydrogen-bond donors (Lipinski definition) is 8. The topological polar surface area (TPSA) is 208 Å². The van der Waals surface area contributed by atoms with Crippen LogP contribution in [0.5, 0.6) is 11.8 Å². The first kappa shape index (κ1) is 32.0. The highest BCUT2D eigenvalue weighted by atomic mass is 32.1. The van der Waals surface area contributed by atoms with E-state index in [4.69, 9.17) is 0 Å². The number of H-pyrrole nitrogens is 2. The van der Waals surface area contributed by atoms with E-state index in [1.165, 1.54) is 0 Å². The van der Waals surface area contributed by atoms with Crippen molar-refractivity contribution >= 4 is 82.9 Å². The number of nitrogens with zero attached hydrogens (tertiary/aromatic N) is 6. The minimum absolute atomic E-state index is 0.0471. The number of fused-ring (bicyclic) bond motifs is 2. The number of amides is 2. The molecule has 0 saturated carbocycles. The van der Waals surface area contributed by atoms with Crippen LogP contribution < -0.4 is 10.6 Å². The number of nitrogens with one attached hydrogen (secondary N) is 4. The van der Waals surface area contributed by atoms with Gasteiger partial charge in [-0.3, -0.25) is 9.59 Å². The Bertz CT molecular complexity index is 2290. The molecule has 0 radical (unpaired) electrons. The van der Waals surface area contributed by atoms with E-state index in [2.05, 4.69) is 75.8 Å². The number of thiol groups is 2. The minimum atomic E-state index is -0.382. The molecule has 0 saturated heterocycles. The monoisotopic (exact) mass is 700 g/mol. The Morgan fingerprint density at radius 3 is 1.32 bits per heavy atom. The number of imidazole rings is 2. The van der Waals surface area contributed by atoms with Crippen molar-refractivity contribution in [2.24, 2.45) is 0 Å². The molecule has 0 atom stereocenters. The van der Waals surface area contributed by atoms with Crippen molar-refractivity contribution in [1.29, 1.82) is 0 Å². The molecule has 0 aliphatic carbocycles. The van der Waals surface area contributed by atoms with Crippen LogP contribution in [0.3, 0.4) is 0 Å². The summed E-state index contributed by atoms with van der Waals surface area (Å²) in [6, 6.07) is 24.5. The van der Waals surface area contributed by atoms with E-state index in [0.717, 1.165) is 0 Å². The van der Waals surface area contributed by atoms with Crippen LogP contribution in [-0.2, 0) is 0 Å². The highest BCUT2D eigenvalue weighted by Gasteiger charge is 2.19. The van der Waals surface area contributed by atoms with Gasteiger partial charge in [-0.05, 0) is 47.5 Å². The number of hydrogen-bond acceptors (Lipinski definition) is 12. The van der Waals surface area contributed by atoms with Crippen LogP contribution in [0.25, 0.3) is 45.9 Å². The normalized spacial score (nSPS) is 12.0. The molecular weight excluding hydrogens is 677 g/mol. The first-order chi connectivity index (χ1) is 24.2. The van der Waals surface area contributed by atoms with Gasteiger partial charge in [0.1, 0.15) is 0 Å². The number of rotatable bonds is 8. The van der Waals surface area contributed by atoms with Gasteiger partial charge in [-0.2, -0.15) is 9.97 Å². The lowest BCUT2D eigenvalue weighted by Crippen LogP contribution is -2.22. The third-order valence-corrected chi connectivity index (χ3v) is 7.67. The van der Waals surface area contributed by atoms with E-state index >= 15 is 0 Å². The van der Waals surface area contributed by atoms with Gasteiger partial charge in [0.05, 0.1) is 11.4 Å².